The van der Waals surface area contributed by atoms with E-state index in [0.717, 1.165) is 31.4 Å². The first-order valence-electron chi connectivity index (χ1n) is 10.9. The van der Waals surface area contributed by atoms with Crippen molar-refractivity contribution in [2.75, 3.05) is 0 Å². The lowest BCUT2D eigenvalue weighted by Gasteiger charge is -2.13. The molecule has 0 aromatic carbocycles. The van der Waals surface area contributed by atoms with Crippen molar-refractivity contribution in [3.63, 3.8) is 0 Å². The number of H-pyrrole nitrogens is 2. The molecule has 0 saturated carbocycles. The Bertz CT molecular complexity index is 1210. The summed E-state index contributed by atoms with van der Waals surface area (Å²) < 4.78 is 4.04. The van der Waals surface area contributed by atoms with Gasteiger partial charge >= 0.3 is 11.4 Å². The van der Waals surface area contributed by atoms with Crippen molar-refractivity contribution in [3.05, 3.63) is 43.7 Å². The molecule has 10 nitrogen and oxygen atoms in total. The second-order valence-corrected chi connectivity index (χ2v) is 8.40. The zero-order chi connectivity index (χ0) is 23.4. The summed E-state index contributed by atoms with van der Waals surface area (Å²) in [6.45, 7) is 10.1. The highest BCUT2D eigenvalue weighted by Crippen LogP contribution is 2.19. The van der Waals surface area contributed by atoms with E-state index in [-0.39, 0.29) is 23.5 Å². The van der Waals surface area contributed by atoms with Gasteiger partial charge in [0.1, 0.15) is 4.60 Å². The molecule has 0 aliphatic rings. The SMILES string of the molecule is CCC(CC)n1c(=O)[nH]c2ncc(Br)nc21.CCC(CC)n1c(=O)[nH]c2ncc(C)nc21. The number of imidazole rings is 2. The van der Waals surface area contributed by atoms with E-state index in [2.05, 4.69) is 73.5 Å². The Hall–Kier alpha value is -2.82. The molecule has 4 rings (SSSR count). The lowest BCUT2D eigenvalue weighted by Crippen LogP contribution is -2.21. The number of hydrogen-bond donors (Lipinski definition) is 2. The quantitative estimate of drug-likeness (QED) is 0.407. The highest BCUT2D eigenvalue weighted by atomic mass is 79.9. The maximum atomic E-state index is 11.8. The Morgan fingerprint density at radius 3 is 1.72 bits per heavy atom. The normalized spacial score (nSPS) is 11.5. The van der Waals surface area contributed by atoms with Gasteiger partial charge in [-0.05, 0) is 48.5 Å². The summed E-state index contributed by atoms with van der Waals surface area (Å²) in [6, 6.07) is 0.363. The molecule has 32 heavy (non-hydrogen) atoms. The van der Waals surface area contributed by atoms with Crippen molar-refractivity contribution >= 4 is 38.5 Å². The predicted octanol–water partition coefficient (Wildman–Crippen LogP) is 4.03. The number of hydrogen-bond acceptors (Lipinski definition) is 6. The summed E-state index contributed by atoms with van der Waals surface area (Å²) in [4.78, 5) is 46.1. The zero-order valence-electron chi connectivity index (χ0n) is 19.0. The van der Waals surface area contributed by atoms with Crippen molar-refractivity contribution in [1.82, 2.24) is 39.0 Å². The molecule has 0 radical (unpaired) electrons. The van der Waals surface area contributed by atoms with Gasteiger partial charge in [0.2, 0.25) is 0 Å². The molecular weight excluding hydrogens is 476 g/mol. The van der Waals surface area contributed by atoms with E-state index >= 15 is 0 Å². The summed E-state index contributed by atoms with van der Waals surface area (Å²) in [6.07, 6.45) is 6.87. The summed E-state index contributed by atoms with van der Waals surface area (Å²) in [5.41, 5.74) is 2.97. The second-order valence-electron chi connectivity index (χ2n) is 7.59. The molecule has 0 unspecified atom stereocenters. The van der Waals surface area contributed by atoms with E-state index in [4.69, 9.17) is 0 Å². The first-order valence-corrected chi connectivity index (χ1v) is 11.7. The van der Waals surface area contributed by atoms with Gasteiger partial charge in [-0.3, -0.25) is 19.1 Å². The van der Waals surface area contributed by atoms with Crippen molar-refractivity contribution in [2.24, 2.45) is 0 Å². The minimum Gasteiger partial charge on any atom is -0.289 e. The minimum atomic E-state index is -0.137. The van der Waals surface area contributed by atoms with Crippen molar-refractivity contribution in [3.8, 4) is 0 Å². The topological polar surface area (TPSA) is 127 Å². The number of aryl methyl sites for hydroxylation is 1. The van der Waals surface area contributed by atoms with Crippen LogP contribution in [0.15, 0.2) is 26.6 Å². The van der Waals surface area contributed by atoms with Crippen LogP contribution in [-0.2, 0) is 0 Å². The summed E-state index contributed by atoms with van der Waals surface area (Å²) in [5, 5.41) is 0. The molecule has 0 spiro atoms. The van der Waals surface area contributed by atoms with Crippen LogP contribution in [-0.4, -0.2) is 39.0 Å². The van der Waals surface area contributed by atoms with Gasteiger partial charge < -0.3 is 0 Å². The Labute approximate surface area is 193 Å². The molecule has 0 saturated heterocycles. The van der Waals surface area contributed by atoms with Gasteiger partial charge in [0.25, 0.3) is 0 Å². The van der Waals surface area contributed by atoms with Crippen LogP contribution in [0, 0.1) is 6.92 Å². The van der Waals surface area contributed by atoms with E-state index in [1.807, 2.05) is 6.92 Å². The van der Waals surface area contributed by atoms with Gasteiger partial charge in [-0.25, -0.2) is 29.5 Å². The molecule has 0 bridgehead atoms. The van der Waals surface area contributed by atoms with E-state index < -0.39 is 0 Å². The van der Waals surface area contributed by atoms with Gasteiger partial charge in [-0.1, -0.05) is 27.7 Å². The van der Waals surface area contributed by atoms with Gasteiger partial charge in [-0.2, -0.15) is 0 Å². The van der Waals surface area contributed by atoms with Crippen LogP contribution in [0.4, 0.5) is 0 Å². The third kappa shape index (κ3) is 4.67. The van der Waals surface area contributed by atoms with Crippen molar-refractivity contribution in [1.29, 1.82) is 0 Å². The third-order valence-electron chi connectivity index (χ3n) is 5.56. The fourth-order valence-electron chi connectivity index (χ4n) is 3.84. The molecule has 4 aromatic heterocycles. The van der Waals surface area contributed by atoms with Gasteiger partial charge in [0, 0.05) is 12.1 Å². The molecule has 4 heterocycles. The number of rotatable bonds is 6. The monoisotopic (exact) mass is 504 g/mol. The highest BCUT2D eigenvalue weighted by Gasteiger charge is 2.17. The summed E-state index contributed by atoms with van der Waals surface area (Å²) in [5.74, 6) is 0. The first-order chi connectivity index (χ1) is 15.3. The van der Waals surface area contributed by atoms with Crippen molar-refractivity contribution in [2.45, 2.75) is 72.4 Å². The summed E-state index contributed by atoms with van der Waals surface area (Å²) >= 11 is 3.27. The molecule has 0 aliphatic heterocycles. The Morgan fingerprint density at radius 2 is 1.25 bits per heavy atom. The van der Waals surface area contributed by atoms with Crippen LogP contribution in [0.3, 0.4) is 0 Å². The van der Waals surface area contributed by atoms with E-state index in [1.54, 1.807) is 21.5 Å². The van der Waals surface area contributed by atoms with Crippen LogP contribution >= 0.6 is 15.9 Å². The van der Waals surface area contributed by atoms with Gasteiger partial charge in [-0.15, -0.1) is 0 Å². The Balaban J connectivity index is 0.000000181. The van der Waals surface area contributed by atoms with E-state index in [0.29, 0.717) is 27.2 Å². The number of aromatic nitrogens is 8. The smallest absolute Gasteiger partial charge is 0.289 e. The first kappa shape index (κ1) is 23.8. The molecule has 0 aliphatic carbocycles. The maximum absolute atomic E-state index is 11.8. The van der Waals surface area contributed by atoms with Gasteiger partial charge in [0.15, 0.2) is 22.6 Å². The molecule has 0 atom stereocenters. The average Bonchev–Trinajstić information content (AvgIpc) is 3.27. The highest BCUT2D eigenvalue weighted by molar-refractivity contribution is 9.10. The number of aromatic amines is 2. The fourth-order valence-corrected chi connectivity index (χ4v) is 4.11. The van der Waals surface area contributed by atoms with Gasteiger partial charge in [0.05, 0.1) is 18.1 Å². The molecule has 0 amide bonds. The largest absolute Gasteiger partial charge is 0.329 e. The molecule has 11 heteroatoms. The number of nitrogens with zero attached hydrogens (tertiary/aromatic N) is 6. The van der Waals surface area contributed by atoms with Crippen LogP contribution in [0.25, 0.3) is 22.6 Å². The number of fused-ring (bicyclic) bond motifs is 2. The lowest BCUT2D eigenvalue weighted by atomic mass is 10.2. The third-order valence-corrected chi connectivity index (χ3v) is 5.94. The Kier molecular flexibility index (Phi) is 7.60. The molecule has 4 aromatic rings. The van der Waals surface area contributed by atoms with Crippen molar-refractivity contribution < 1.29 is 0 Å². The lowest BCUT2D eigenvalue weighted by molar-refractivity contribution is 0.469. The maximum Gasteiger partial charge on any atom is 0.329 e. The van der Waals surface area contributed by atoms with E-state index in [1.165, 1.54) is 0 Å². The molecule has 172 valence electrons. The second kappa shape index (κ2) is 10.2. The predicted molar refractivity (Wildman–Crippen MR) is 128 cm³/mol. The average molecular weight is 505 g/mol. The number of halogens is 1. The van der Waals surface area contributed by atoms with Crippen LogP contribution in [0.1, 0.15) is 71.2 Å². The molecular formula is C21H29BrN8O2. The van der Waals surface area contributed by atoms with Crippen LogP contribution in [0.2, 0.25) is 0 Å². The zero-order valence-corrected chi connectivity index (χ0v) is 20.6. The van der Waals surface area contributed by atoms with Crippen LogP contribution in [0.5, 0.6) is 0 Å². The molecule has 0 fully saturated rings. The Morgan fingerprint density at radius 1 is 0.812 bits per heavy atom. The van der Waals surface area contributed by atoms with Crippen LogP contribution < -0.4 is 11.4 Å². The number of nitrogens with one attached hydrogen (secondary N) is 2. The fraction of sp³-hybridized carbons (Fsp3) is 0.524. The van der Waals surface area contributed by atoms with E-state index in [9.17, 15) is 9.59 Å². The standard InChI is InChI=1S/C11H16N4O.C10H13BrN4O/c1-4-8(5-2)15-10-9(14-11(15)16)12-6-7(3)13-10;1-3-6(4-2)15-9-8(14-10(15)16)12-5-7(11)13-9/h6,8H,4-5H2,1-3H3,(H,12,14,16);5-6H,3-4H2,1-2H3,(H,12,14,16). The minimum absolute atomic E-state index is 0.116. The summed E-state index contributed by atoms with van der Waals surface area (Å²) in [7, 11) is 0. The molecule has 2 N–H and O–H groups in total.